The third kappa shape index (κ3) is 3.39. The fourth-order valence-corrected chi connectivity index (χ4v) is 5.13. The third-order valence-electron chi connectivity index (χ3n) is 4.48. The van der Waals surface area contributed by atoms with Crippen LogP contribution in [0.5, 0.6) is 11.5 Å². The molecule has 0 aliphatic carbocycles. The van der Waals surface area contributed by atoms with Crippen LogP contribution in [0.1, 0.15) is 24.4 Å². The summed E-state index contributed by atoms with van der Waals surface area (Å²) in [5.74, 6) is 0.304. The molecule has 1 aliphatic rings. The first-order chi connectivity index (χ1) is 12.4. The summed E-state index contributed by atoms with van der Waals surface area (Å²) < 4.78 is 52.4. The van der Waals surface area contributed by atoms with Gasteiger partial charge < -0.3 is 9.47 Å². The van der Waals surface area contributed by atoms with Crippen LogP contribution < -0.4 is 9.47 Å². The van der Waals surface area contributed by atoms with E-state index in [0.717, 1.165) is 6.07 Å². The molecule has 2 aromatic rings. The van der Waals surface area contributed by atoms with Crippen molar-refractivity contribution >= 4 is 21.6 Å². The largest absolute Gasteiger partial charge is 0.497 e. The summed E-state index contributed by atoms with van der Waals surface area (Å²) in [6.07, 6.45) is 1.28. The maximum absolute atomic E-state index is 14.3. The van der Waals surface area contributed by atoms with Gasteiger partial charge in [0.15, 0.2) is 0 Å². The van der Waals surface area contributed by atoms with Crippen molar-refractivity contribution in [3.8, 4) is 11.5 Å². The van der Waals surface area contributed by atoms with E-state index in [0.29, 0.717) is 36.4 Å². The Hall–Kier alpha value is -1.83. The maximum atomic E-state index is 14.3. The molecule has 0 radical (unpaired) electrons. The predicted octanol–water partition coefficient (Wildman–Crippen LogP) is 4.02. The Morgan fingerprint density at radius 2 is 1.92 bits per heavy atom. The number of sulfonamides is 1. The summed E-state index contributed by atoms with van der Waals surface area (Å²) in [6.45, 7) is 0.301. The zero-order chi connectivity index (χ0) is 18.9. The molecule has 0 aromatic heterocycles. The zero-order valence-corrected chi connectivity index (χ0v) is 16.0. The van der Waals surface area contributed by atoms with Gasteiger partial charge in [-0.15, -0.1) is 0 Å². The number of hydrogen-bond donors (Lipinski definition) is 0. The van der Waals surface area contributed by atoms with Gasteiger partial charge in [-0.3, -0.25) is 0 Å². The van der Waals surface area contributed by atoms with E-state index in [1.54, 1.807) is 18.2 Å². The highest BCUT2D eigenvalue weighted by atomic mass is 35.5. The van der Waals surface area contributed by atoms with E-state index >= 15 is 0 Å². The van der Waals surface area contributed by atoms with Crippen molar-refractivity contribution in [1.82, 2.24) is 4.31 Å². The Labute approximate surface area is 157 Å². The smallest absolute Gasteiger partial charge is 0.246 e. The molecular weight excluding hydrogens is 381 g/mol. The highest BCUT2D eigenvalue weighted by molar-refractivity contribution is 7.89. The molecule has 0 unspecified atom stereocenters. The first kappa shape index (κ1) is 18.9. The monoisotopic (exact) mass is 399 g/mol. The average molecular weight is 400 g/mol. The summed E-state index contributed by atoms with van der Waals surface area (Å²) in [5, 5.41) is 0.147. The van der Waals surface area contributed by atoms with Crippen molar-refractivity contribution in [2.45, 2.75) is 23.8 Å². The molecule has 0 saturated carbocycles. The standard InChI is InChI=1S/C18H19ClFNO4S/c1-24-13-6-7-17(25-2)14(11-13)16-4-3-9-21(16)26(22,23)18-8-5-12(19)10-15(18)20/h5-8,10-11,16H,3-4,9H2,1-2H3/t16-/m0/s1. The molecule has 1 aliphatic heterocycles. The number of benzene rings is 2. The maximum Gasteiger partial charge on any atom is 0.246 e. The topological polar surface area (TPSA) is 55.8 Å². The van der Waals surface area contributed by atoms with Gasteiger partial charge in [0, 0.05) is 17.1 Å². The second-order valence-electron chi connectivity index (χ2n) is 5.96. The molecule has 1 saturated heterocycles. The lowest BCUT2D eigenvalue weighted by atomic mass is 10.0. The number of halogens is 2. The molecule has 26 heavy (non-hydrogen) atoms. The third-order valence-corrected chi connectivity index (χ3v) is 6.66. The summed E-state index contributed by atoms with van der Waals surface area (Å²) >= 11 is 5.75. The Kier molecular flexibility index (Phi) is 5.41. The van der Waals surface area contributed by atoms with Crippen LogP contribution in [0.2, 0.25) is 5.02 Å². The van der Waals surface area contributed by atoms with Crippen molar-refractivity contribution in [1.29, 1.82) is 0 Å². The minimum atomic E-state index is -4.02. The van der Waals surface area contributed by atoms with Crippen LogP contribution in [0, 0.1) is 5.82 Å². The summed E-state index contributed by atoms with van der Waals surface area (Å²) in [7, 11) is -0.959. The molecule has 3 rings (SSSR count). The lowest BCUT2D eigenvalue weighted by molar-refractivity contribution is 0.360. The Morgan fingerprint density at radius 3 is 2.58 bits per heavy atom. The summed E-state index contributed by atoms with van der Waals surface area (Å²) in [4.78, 5) is -0.379. The van der Waals surface area contributed by atoms with Gasteiger partial charge in [0.2, 0.25) is 10.0 Å². The summed E-state index contributed by atoms with van der Waals surface area (Å²) in [5.41, 5.74) is 0.697. The number of methoxy groups -OCH3 is 2. The highest BCUT2D eigenvalue weighted by Crippen LogP contribution is 2.42. The van der Waals surface area contributed by atoms with Gasteiger partial charge in [-0.25, -0.2) is 12.8 Å². The first-order valence-corrected chi connectivity index (χ1v) is 9.89. The van der Waals surface area contributed by atoms with E-state index in [4.69, 9.17) is 21.1 Å². The van der Waals surface area contributed by atoms with Gasteiger partial charge in [0.25, 0.3) is 0 Å². The average Bonchev–Trinajstić information content (AvgIpc) is 3.11. The van der Waals surface area contributed by atoms with E-state index in [1.165, 1.54) is 30.7 Å². The highest BCUT2D eigenvalue weighted by Gasteiger charge is 2.39. The Balaban J connectivity index is 2.06. The van der Waals surface area contributed by atoms with E-state index in [9.17, 15) is 12.8 Å². The molecule has 0 bridgehead atoms. The van der Waals surface area contributed by atoms with Crippen molar-refractivity contribution in [3.63, 3.8) is 0 Å². The molecule has 140 valence electrons. The number of rotatable bonds is 5. The molecular formula is C18H19ClFNO4S. The second kappa shape index (κ2) is 7.42. The van der Waals surface area contributed by atoms with Crippen LogP contribution >= 0.6 is 11.6 Å². The molecule has 1 heterocycles. The molecule has 1 fully saturated rings. The Bertz CT molecular complexity index is 919. The zero-order valence-electron chi connectivity index (χ0n) is 14.4. The van der Waals surface area contributed by atoms with Crippen molar-refractivity contribution in [3.05, 3.63) is 52.8 Å². The van der Waals surface area contributed by atoms with Crippen molar-refractivity contribution < 1.29 is 22.3 Å². The molecule has 2 aromatic carbocycles. The normalized spacial score (nSPS) is 18.1. The fourth-order valence-electron chi connectivity index (χ4n) is 3.25. The quantitative estimate of drug-likeness (QED) is 0.761. The van der Waals surface area contributed by atoms with Crippen LogP contribution in [0.4, 0.5) is 4.39 Å². The molecule has 0 spiro atoms. The SMILES string of the molecule is COc1ccc(OC)c([C@@H]2CCCN2S(=O)(=O)c2ccc(Cl)cc2F)c1. The number of nitrogens with zero attached hydrogens (tertiary/aromatic N) is 1. The first-order valence-electron chi connectivity index (χ1n) is 8.07. The van der Waals surface area contributed by atoms with Crippen LogP contribution in [-0.2, 0) is 10.0 Å². The van der Waals surface area contributed by atoms with Crippen molar-refractivity contribution in [2.24, 2.45) is 0 Å². The van der Waals surface area contributed by atoms with Crippen LogP contribution in [0.25, 0.3) is 0 Å². The van der Waals surface area contributed by atoms with Gasteiger partial charge in [-0.05, 0) is 49.2 Å². The number of hydrogen-bond acceptors (Lipinski definition) is 4. The van der Waals surface area contributed by atoms with Gasteiger partial charge in [0.1, 0.15) is 22.2 Å². The fraction of sp³-hybridized carbons (Fsp3) is 0.333. The van der Waals surface area contributed by atoms with Crippen LogP contribution in [0.15, 0.2) is 41.3 Å². The van der Waals surface area contributed by atoms with Gasteiger partial charge >= 0.3 is 0 Å². The van der Waals surface area contributed by atoms with Crippen LogP contribution in [-0.4, -0.2) is 33.5 Å². The minimum absolute atomic E-state index is 0.147. The number of ether oxygens (including phenoxy) is 2. The van der Waals surface area contributed by atoms with Crippen molar-refractivity contribution in [2.75, 3.05) is 20.8 Å². The minimum Gasteiger partial charge on any atom is -0.497 e. The van der Waals surface area contributed by atoms with E-state index in [-0.39, 0.29) is 9.92 Å². The summed E-state index contributed by atoms with van der Waals surface area (Å²) in [6, 6.07) is 8.36. The molecule has 1 atom stereocenters. The van der Waals surface area contributed by atoms with Gasteiger partial charge in [0.05, 0.1) is 20.3 Å². The van der Waals surface area contributed by atoms with Gasteiger partial charge in [-0.1, -0.05) is 11.6 Å². The van der Waals surface area contributed by atoms with E-state index < -0.39 is 21.9 Å². The second-order valence-corrected chi connectivity index (χ2v) is 8.25. The molecule has 5 nitrogen and oxygen atoms in total. The molecule has 0 N–H and O–H groups in total. The lowest BCUT2D eigenvalue weighted by Gasteiger charge is -2.26. The lowest BCUT2D eigenvalue weighted by Crippen LogP contribution is -2.31. The predicted molar refractivity (Wildman–Crippen MR) is 96.8 cm³/mol. The Morgan fingerprint density at radius 1 is 1.15 bits per heavy atom. The van der Waals surface area contributed by atoms with Crippen LogP contribution in [0.3, 0.4) is 0 Å². The molecule has 0 amide bonds. The van der Waals surface area contributed by atoms with E-state index in [1.807, 2.05) is 0 Å². The van der Waals surface area contributed by atoms with Gasteiger partial charge in [-0.2, -0.15) is 4.31 Å². The van der Waals surface area contributed by atoms with E-state index in [2.05, 4.69) is 0 Å². The molecule has 8 heteroatoms.